The van der Waals surface area contributed by atoms with Gasteiger partial charge in [-0.25, -0.2) is 5.43 Å². The van der Waals surface area contributed by atoms with Crippen LogP contribution in [0.2, 0.25) is 5.02 Å². The molecule has 94 valence electrons. The van der Waals surface area contributed by atoms with Gasteiger partial charge < -0.3 is 0 Å². The van der Waals surface area contributed by atoms with Gasteiger partial charge in [0.25, 0.3) is 0 Å². The van der Waals surface area contributed by atoms with Gasteiger partial charge >= 0.3 is 0 Å². The number of nitrogens with two attached hydrogens (primary N) is 1. The molecule has 0 fully saturated rings. The molecule has 18 heavy (non-hydrogen) atoms. The summed E-state index contributed by atoms with van der Waals surface area (Å²) >= 11 is 6.31. The summed E-state index contributed by atoms with van der Waals surface area (Å²) < 4.78 is 0. The van der Waals surface area contributed by atoms with E-state index in [1.807, 2.05) is 37.3 Å². The van der Waals surface area contributed by atoms with Gasteiger partial charge in [-0.1, -0.05) is 48.0 Å². The monoisotopic (exact) mass is 260 g/mol. The topological polar surface area (TPSA) is 38.0 Å². The van der Waals surface area contributed by atoms with E-state index in [1.165, 1.54) is 5.56 Å². The summed E-state index contributed by atoms with van der Waals surface area (Å²) in [6.45, 7) is 4.09. The van der Waals surface area contributed by atoms with Crippen LogP contribution in [0, 0.1) is 13.8 Å². The molecular formula is C15H17ClN2. The molecule has 2 rings (SSSR count). The van der Waals surface area contributed by atoms with E-state index in [4.69, 9.17) is 17.4 Å². The Morgan fingerprint density at radius 1 is 1.06 bits per heavy atom. The first-order valence-corrected chi connectivity index (χ1v) is 6.29. The Hall–Kier alpha value is -1.35. The summed E-state index contributed by atoms with van der Waals surface area (Å²) in [6.07, 6.45) is 0. The number of benzene rings is 2. The Kier molecular flexibility index (Phi) is 4.02. The molecule has 0 radical (unpaired) electrons. The van der Waals surface area contributed by atoms with Crippen LogP contribution in [0.5, 0.6) is 0 Å². The Morgan fingerprint density at radius 2 is 1.78 bits per heavy atom. The molecule has 0 saturated carbocycles. The molecule has 0 aliphatic heterocycles. The average molecular weight is 261 g/mol. The first-order chi connectivity index (χ1) is 8.63. The van der Waals surface area contributed by atoms with E-state index >= 15 is 0 Å². The molecule has 0 aliphatic carbocycles. The van der Waals surface area contributed by atoms with Crippen LogP contribution in [0.1, 0.15) is 28.3 Å². The molecule has 0 aliphatic rings. The van der Waals surface area contributed by atoms with Crippen molar-refractivity contribution in [1.29, 1.82) is 0 Å². The second kappa shape index (κ2) is 5.53. The van der Waals surface area contributed by atoms with Gasteiger partial charge in [-0.2, -0.15) is 0 Å². The lowest BCUT2D eigenvalue weighted by Gasteiger charge is -2.20. The van der Waals surface area contributed by atoms with Gasteiger partial charge in [-0.05, 0) is 42.2 Å². The molecule has 0 heterocycles. The summed E-state index contributed by atoms with van der Waals surface area (Å²) in [4.78, 5) is 0. The van der Waals surface area contributed by atoms with Gasteiger partial charge in [-0.15, -0.1) is 0 Å². The molecule has 0 saturated heterocycles. The third kappa shape index (κ3) is 2.56. The van der Waals surface area contributed by atoms with Crippen molar-refractivity contribution in [3.63, 3.8) is 0 Å². The standard InChI is InChI=1S/C15H17ClN2/c1-10-7-8-13(14(16)9-10)15(18-17)12-6-4-3-5-11(12)2/h3-9,15,18H,17H2,1-2H3. The van der Waals surface area contributed by atoms with Gasteiger partial charge in [0.15, 0.2) is 0 Å². The van der Waals surface area contributed by atoms with Crippen LogP contribution in [0.4, 0.5) is 0 Å². The average Bonchev–Trinajstić information content (AvgIpc) is 2.34. The van der Waals surface area contributed by atoms with Crippen molar-refractivity contribution >= 4 is 11.6 Å². The Morgan fingerprint density at radius 3 is 2.39 bits per heavy atom. The summed E-state index contributed by atoms with van der Waals surface area (Å²) in [7, 11) is 0. The minimum absolute atomic E-state index is 0.0840. The quantitative estimate of drug-likeness (QED) is 0.655. The highest BCUT2D eigenvalue weighted by molar-refractivity contribution is 6.31. The van der Waals surface area contributed by atoms with Crippen LogP contribution < -0.4 is 11.3 Å². The zero-order chi connectivity index (χ0) is 13.1. The van der Waals surface area contributed by atoms with E-state index in [2.05, 4.69) is 24.5 Å². The molecule has 2 nitrogen and oxygen atoms in total. The maximum atomic E-state index is 6.31. The van der Waals surface area contributed by atoms with Crippen molar-refractivity contribution in [2.24, 2.45) is 5.84 Å². The molecule has 0 amide bonds. The van der Waals surface area contributed by atoms with E-state index in [0.717, 1.165) is 21.7 Å². The van der Waals surface area contributed by atoms with E-state index in [1.54, 1.807) is 0 Å². The van der Waals surface area contributed by atoms with Crippen molar-refractivity contribution in [3.05, 3.63) is 69.7 Å². The minimum Gasteiger partial charge on any atom is -0.271 e. The summed E-state index contributed by atoms with van der Waals surface area (Å²) in [5.41, 5.74) is 7.33. The lowest BCUT2D eigenvalue weighted by Crippen LogP contribution is -2.29. The van der Waals surface area contributed by atoms with E-state index in [0.29, 0.717) is 0 Å². The van der Waals surface area contributed by atoms with Gasteiger partial charge in [0.1, 0.15) is 0 Å². The van der Waals surface area contributed by atoms with Crippen molar-refractivity contribution < 1.29 is 0 Å². The zero-order valence-electron chi connectivity index (χ0n) is 10.6. The number of halogens is 1. The van der Waals surface area contributed by atoms with E-state index in [9.17, 15) is 0 Å². The molecule has 1 unspecified atom stereocenters. The maximum Gasteiger partial charge on any atom is 0.0727 e. The Balaban J connectivity index is 2.49. The SMILES string of the molecule is Cc1ccc(C(NN)c2ccccc2C)c(Cl)c1. The first kappa shape index (κ1) is 13.1. The number of nitrogens with one attached hydrogen (secondary N) is 1. The summed E-state index contributed by atoms with van der Waals surface area (Å²) in [5.74, 6) is 5.70. The Bertz CT molecular complexity index is 552. The minimum atomic E-state index is -0.0840. The van der Waals surface area contributed by atoms with Crippen LogP contribution in [0.3, 0.4) is 0 Å². The van der Waals surface area contributed by atoms with Crippen LogP contribution in [-0.2, 0) is 0 Å². The molecule has 2 aromatic rings. The predicted octanol–water partition coefficient (Wildman–Crippen LogP) is 3.51. The number of hydrazine groups is 1. The van der Waals surface area contributed by atoms with Crippen LogP contribution in [0.25, 0.3) is 0 Å². The van der Waals surface area contributed by atoms with Crippen LogP contribution >= 0.6 is 11.6 Å². The molecule has 3 N–H and O–H groups in total. The van der Waals surface area contributed by atoms with Crippen molar-refractivity contribution in [2.75, 3.05) is 0 Å². The third-order valence-electron chi connectivity index (χ3n) is 3.13. The molecule has 1 atom stereocenters. The number of hydrogen-bond acceptors (Lipinski definition) is 2. The number of rotatable bonds is 3. The third-order valence-corrected chi connectivity index (χ3v) is 3.46. The summed E-state index contributed by atoms with van der Waals surface area (Å²) in [6, 6.07) is 14.1. The fourth-order valence-corrected chi connectivity index (χ4v) is 2.47. The lowest BCUT2D eigenvalue weighted by molar-refractivity contribution is 0.634. The van der Waals surface area contributed by atoms with Gasteiger partial charge in [0, 0.05) is 5.02 Å². The molecular weight excluding hydrogens is 244 g/mol. The number of hydrogen-bond donors (Lipinski definition) is 2. The highest BCUT2D eigenvalue weighted by Crippen LogP contribution is 2.30. The van der Waals surface area contributed by atoms with Crippen LogP contribution in [-0.4, -0.2) is 0 Å². The summed E-state index contributed by atoms with van der Waals surface area (Å²) in [5, 5.41) is 0.737. The van der Waals surface area contributed by atoms with E-state index < -0.39 is 0 Å². The van der Waals surface area contributed by atoms with Crippen molar-refractivity contribution in [3.8, 4) is 0 Å². The molecule has 0 aromatic heterocycles. The fraction of sp³-hybridized carbons (Fsp3) is 0.200. The smallest absolute Gasteiger partial charge is 0.0727 e. The second-order valence-electron chi connectivity index (χ2n) is 4.48. The van der Waals surface area contributed by atoms with Gasteiger partial charge in [-0.3, -0.25) is 5.84 Å². The normalized spacial score (nSPS) is 12.4. The lowest BCUT2D eigenvalue weighted by atomic mass is 9.95. The van der Waals surface area contributed by atoms with Crippen LogP contribution in [0.15, 0.2) is 42.5 Å². The highest BCUT2D eigenvalue weighted by Gasteiger charge is 2.16. The number of aryl methyl sites for hydroxylation is 2. The first-order valence-electron chi connectivity index (χ1n) is 5.91. The molecule has 2 aromatic carbocycles. The molecule has 0 spiro atoms. The van der Waals surface area contributed by atoms with Crippen molar-refractivity contribution in [1.82, 2.24) is 5.43 Å². The van der Waals surface area contributed by atoms with E-state index in [-0.39, 0.29) is 6.04 Å². The predicted molar refractivity (Wildman–Crippen MR) is 76.5 cm³/mol. The van der Waals surface area contributed by atoms with Gasteiger partial charge in [0.05, 0.1) is 6.04 Å². The zero-order valence-corrected chi connectivity index (χ0v) is 11.3. The largest absolute Gasteiger partial charge is 0.271 e. The van der Waals surface area contributed by atoms with Crippen molar-refractivity contribution in [2.45, 2.75) is 19.9 Å². The maximum absolute atomic E-state index is 6.31. The highest BCUT2D eigenvalue weighted by atomic mass is 35.5. The fourth-order valence-electron chi connectivity index (χ4n) is 2.12. The molecule has 0 bridgehead atoms. The Labute approximate surface area is 113 Å². The van der Waals surface area contributed by atoms with Gasteiger partial charge in [0.2, 0.25) is 0 Å². The molecule has 3 heteroatoms. The second-order valence-corrected chi connectivity index (χ2v) is 4.89.